The Labute approximate surface area is 140 Å². The van der Waals surface area contributed by atoms with Crippen LogP contribution in [-0.2, 0) is 15.6 Å². The number of halogens is 5. The first kappa shape index (κ1) is 19.3. The predicted molar refractivity (Wildman–Crippen MR) is 77.9 cm³/mol. The number of alkyl halides is 3. The first-order chi connectivity index (χ1) is 11.5. The number of nitrogens with one attached hydrogen (secondary N) is 1. The Balaban J connectivity index is 2.37. The van der Waals surface area contributed by atoms with E-state index in [1.54, 1.807) is 0 Å². The number of hydrogen-bond acceptors (Lipinski definition) is 3. The molecule has 0 radical (unpaired) electrons. The second-order valence-corrected chi connectivity index (χ2v) is 6.86. The highest BCUT2D eigenvalue weighted by Gasteiger charge is 2.55. The van der Waals surface area contributed by atoms with Gasteiger partial charge in [-0.15, -0.1) is 0 Å². The van der Waals surface area contributed by atoms with Gasteiger partial charge in [0.05, 0.1) is 6.54 Å². The van der Waals surface area contributed by atoms with Crippen molar-refractivity contribution in [3.8, 4) is 0 Å². The van der Waals surface area contributed by atoms with Gasteiger partial charge in [0.15, 0.2) is 5.60 Å². The monoisotopic (exact) mass is 381 g/mol. The Morgan fingerprint density at radius 2 is 1.60 bits per heavy atom. The molecule has 2 aromatic rings. The van der Waals surface area contributed by atoms with Crippen LogP contribution in [0.3, 0.4) is 0 Å². The maximum absolute atomic E-state index is 13.6. The number of rotatable bonds is 5. The van der Waals surface area contributed by atoms with Crippen LogP contribution in [-0.4, -0.2) is 26.2 Å². The minimum atomic E-state index is -5.22. The Bertz CT molecular complexity index is 855. The summed E-state index contributed by atoms with van der Waals surface area (Å²) in [5, 5.41) is 10.0. The lowest BCUT2D eigenvalue weighted by Gasteiger charge is -2.31. The average molecular weight is 381 g/mol. The van der Waals surface area contributed by atoms with Crippen LogP contribution in [0.2, 0.25) is 0 Å². The van der Waals surface area contributed by atoms with Crippen molar-refractivity contribution in [3.63, 3.8) is 0 Å². The number of aliphatic hydroxyl groups is 1. The molecule has 0 heterocycles. The van der Waals surface area contributed by atoms with Crippen LogP contribution >= 0.6 is 0 Å². The molecule has 0 amide bonds. The van der Waals surface area contributed by atoms with Gasteiger partial charge in [0.1, 0.15) is 16.5 Å². The summed E-state index contributed by atoms with van der Waals surface area (Å²) in [5.41, 5.74) is -4.16. The SMILES string of the molecule is O=S(=O)(NCC(O)(c1ccccc1)C(F)(F)F)c1cc(F)ccc1F. The van der Waals surface area contributed by atoms with E-state index in [1.165, 1.54) is 22.9 Å². The molecule has 0 saturated carbocycles. The molecular formula is C15H12F5NO3S. The highest BCUT2D eigenvalue weighted by atomic mass is 32.2. The van der Waals surface area contributed by atoms with Gasteiger partial charge in [0, 0.05) is 0 Å². The highest BCUT2D eigenvalue weighted by molar-refractivity contribution is 7.89. The van der Waals surface area contributed by atoms with Crippen LogP contribution < -0.4 is 4.72 Å². The van der Waals surface area contributed by atoms with Gasteiger partial charge in [-0.2, -0.15) is 13.2 Å². The molecule has 10 heteroatoms. The third-order valence-electron chi connectivity index (χ3n) is 3.42. The third kappa shape index (κ3) is 3.97. The van der Waals surface area contributed by atoms with E-state index in [4.69, 9.17) is 0 Å². The van der Waals surface area contributed by atoms with Crippen molar-refractivity contribution in [1.82, 2.24) is 4.72 Å². The van der Waals surface area contributed by atoms with Gasteiger partial charge in [0.2, 0.25) is 10.0 Å². The van der Waals surface area contributed by atoms with Gasteiger partial charge < -0.3 is 5.11 Å². The minimum absolute atomic E-state index is 0.326. The minimum Gasteiger partial charge on any atom is -0.375 e. The number of sulfonamides is 1. The second kappa shape index (κ2) is 6.70. The Morgan fingerprint density at radius 3 is 2.16 bits per heavy atom. The first-order valence-corrected chi connectivity index (χ1v) is 8.25. The molecule has 0 bridgehead atoms. The molecule has 2 aromatic carbocycles. The van der Waals surface area contributed by atoms with E-state index in [9.17, 15) is 35.5 Å². The quantitative estimate of drug-likeness (QED) is 0.783. The highest BCUT2D eigenvalue weighted by Crippen LogP contribution is 2.38. The molecule has 0 aliphatic heterocycles. The van der Waals surface area contributed by atoms with Gasteiger partial charge in [0.25, 0.3) is 0 Å². The van der Waals surface area contributed by atoms with Crippen LogP contribution in [0.15, 0.2) is 53.4 Å². The molecule has 136 valence electrons. The van der Waals surface area contributed by atoms with Crippen LogP contribution in [0.5, 0.6) is 0 Å². The summed E-state index contributed by atoms with van der Waals surface area (Å²) in [4.78, 5) is -1.16. The molecular weight excluding hydrogens is 369 g/mol. The van der Waals surface area contributed by atoms with Gasteiger partial charge in [-0.25, -0.2) is 21.9 Å². The van der Waals surface area contributed by atoms with E-state index >= 15 is 0 Å². The summed E-state index contributed by atoms with van der Waals surface area (Å²) >= 11 is 0. The zero-order chi connectivity index (χ0) is 18.9. The molecule has 0 aliphatic carbocycles. The summed E-state index contributed by atoms with van der Waals surface area (Å²) in [5.74, 6) is -2.43. The van der Waals surface area contributed by atoms with E-state index in [2.05, 4.69) is 0 Å². The van der Waals surface area contributed by atoms with Crippen molar-refractivity contribution in [2.24, 2.45) is 0 Å². The number of hydrogen-bond donors (Lipinski definition) is 2. The standard InChI is InChI=1S/C15H12F5NO3S/c16-11-6-7-12(17)13(8-11)25(23,24)21-9-14(22,15(18,19)20)10-4-2-1-3-5-10/h1-8,21-22H,9H2. The molecule has 0 aliphatic rings. The topological polar surface area (TPSA) is 66.4 Å². The molecule has 25 heavy (non-hydrogen) atoms. The van der Waals surface area contributed by atoms with E-state index in [0.717, 1.165) is 12.1 Å². The summed E-state index contributed by atoms with van der Waals surface area (Å²) in [7, 11) is -4.84. The zero-order valence-electron chi connectivity index (χ0n) is 12.4. The largest absolute Gasteiger partial charge is 0.422 e. The van der Waals surface area contributed by atoms with Crippen molar-refractivity contribution in [3.05, 3.63) is 65.7 Å². The summed E-state index contributed by atoms with van der Waals surface area (Å²) in [6.45, 7) is -1.52. The van der Waals surface area contributed by atoms with Crippen molar-refractivity contribution >= 4 is 10.0 Å². The summed E-state index contributed by atoms with van der Waals surface area (Å²) in [6.07, 6.45) is -5.22. The van der Waals surface area contributed by atoms with E-state index in [-0.39, 0.29) is 0 Å². The lowest BCUT2D eigenvalue weighted by molar-refractivity contribution is -0.263. The molecule has 0 aromatic heterocycles. The average Bonchev–Trinajstić information content (AvgIpc) is 2.54. The van der Waals surface area contributed by atoms with Crippen LogP contribution in [0.25, 0.3) is 0 Å². The second-order valence-electron chi connectivity index (χ2n) is 5.12. The fourth-order valence-electron chi connectivity index (χ4n) is 2.04. The van der Waals surface area contributed by atoms with Crippen molar-refractivity contribution < 1.29 is 35.5 Å². The molecule has 0 fully saturated rings. The predicted octanol–water partition coefficient (Wildman–Crippen LogP) is 2.69. The number of benzene rings is 2. The third-order valence-corrected chi connectivity index (χ3v) is 4.84. The van der Waals surface area contributed by atoms with Crippen LogP contribution in [0.1, 0.15) is 5.56 Å². The van der Waals surface area contributed by atoms with Gasteiger partial charge in [-0.3, -0.25) is 0 Å². The molecule has 2 N–H and O–H groups in total. The normalized spacial score (nSPS) is 15.0. The molecule has 1 atom stereocenters. The van der Waals surface area contributed by atoms with Crippen molar-refractivity contribution in [2.45, 2.75) is 16.7 Å². The summed E-state index contributed by atoms with van der Waals surface area (Å²) in [6, 6.07) is 7.30. The lowest BCUT2D eigenvalue weighted by Crippen LogP contribution is -2.51. The zero-order valence-corrected chi connectivity index (χ0v) is 13.2. The van der Waals surface area contributed by atoms with Crippen LogP contribution in [0.4, 0.5) is 22.0 Å². The van der Waals surface area contributed by atoms with Gasteiger partial charge >= 0.3 is 6.18 Å². The fraction of sp³-hybridized carbons (Fsp3) is 0.200. The maximum atomic E-state index is 13.6. The lowest BCUT2D eigenvalue weighted by atomic mass is 9.93. The van der Waals surface area contributed by atoms with E-state index in [1.807, 2.05) is 0 Å². The smallest absolute Gasteiger partial charge is 0.375 e. The molecule has 2 rings (SSSR count). The van der Waals surface area contributed by atoms with Crippen molar-refractivity contribution in [2.75, 3.05) is 6.54 Å². The van der Waals surface area contributed by atoms with E-state index < -0.39 is 50.4 Å². The first-order valence-electron chi connectivity index (χ1n) is 6.77. The van der Waals surface area contributed by atoms with E-state index in [0.29, 0.717) is 18.2 Å². The van der Waals surface area contributed by atoms with Crippen molar-refractivity contribution in [1.29, 1.82) is 0 Å². The molecule has 1 unspecified atom stereocenters. The molecule has 0 spiro atoms. The van der Waals surface area contributed by atoms with Gasteiger partial charge in [-0.1, -0.05) is 30.3 Å². The van der Waals surface area contributed by atoms with Crippen LogP contribution in [0, 0.1) is 11.6 Å². The Kier molecular flexibility index (Phi) is 5.17. The maximum Gasteiger partial charge on any atom is 0.422 e. The Hall–Kier alpha value is -2.04. The molecule has 4 nitrogen and oxygen atoms in total. The van der Waals surface area contributed by atoms with Gasteiger partial charge in [-0.05, 0) is 23.8 Å². The summed E-state index contributed by atoms with van der Waals surface area (Å²) < 4.78 is 92.1. The Morgan fingerprint density at radius 1 is 1.00 bits per heavy atom. The molecule has 0 saturated heterocycles. The fourth-order valence-corrected chi connectivity index (χ4v) is 3.19.